The number of fused-ring (bicyclic) bond motifs is 1. The number of likely N-dealkylation sites (N-methyl/N-ethyl adjacent to an activating group) is 1. The fourth-order valence-electron chi connectivity index (χ4n) is 2.43. The molecule has 5 nitrogen and oxygen atoms in total. The summed E-state index contributed by atoms with van der Waals surface area (Å²) in [5.41, 5.74) is 2.52. The van der Waals surface area contributed by atoms with Crippen LogP contribution in [0.2, 0.25) is 0 Å². The van der Waals surface area contributed by atoms with Gasteiger partial charge in [0.1, 0.15) is 4.21 Å². The van der Waals surface area contributed by atoms with E-state index in [1.165, 1.54) is 11.3 Å². The van der Waals surface area contributed by atoms with Gasteiger partial charge in [-0.3, -0.25) is 4.72 Å². The Hall–Kier alpha value is -1.64. The third kappa shape index (κ3) is 3.34. The lowest BCUT2D eigenvalue weighted by molar-refractivity contribution is 0.397. The highest BCUT2D eigenvalue weighted by Gasteiger charge is 2.21. The highest BCUT2D eigenvalue weighted by Crippen LogP contribution is 2.28. The van der Waals surface area contributed by atoms with Crippen molar-refractivity contribution in [1.29, 1.82) is 0 Å². The maximum absolute atomic E-state index is 12.3. The van der Waals surface area contributed by atoms with Crippen molar-refractivity contribution in [3.05, 3.63) is 41.3 Å². The molecule has 2 N–H and O–H groups in total. The van der Waals surface area contributed by atoms with Gasteiger partial charge in [0.2, 0.25) is 0 Å². The van der Waals surface area contributed by atoms with Crippen LogP contribution in [0.5, 0.6) is 0 Å². The standard InChI is InChI=1S/C15H17N3O2S3/c1-10-8-11-9-12(5-6-13(11)16-15(21)18(10)2)17-23(19,20)14-4-3-7-22-14/h3-7,9-10,17H,8H2,1-2H3,(H,16,21). The molecule has 1 aliphatic rings. The molecule has 0 aliphatic carbocycles. The van der Waals surface area contributed by atoms with Gasteiger partial charge >= 0.3 is 0 Å². The minimum Gasteiger partial charge on any atom is -0.349 e. The molecular weight excluding hydrogens is 350 g/mol. The van der Waals surface area contributed by atoms with E-state index >= 15 is 0 Å². The molecule has 3 rings (SSSR count). The summed E-state index contributed by atoms with van der Waals surface area (Å²) >= 11 is 6.54. The minimum atomic E-state index is -3.53. The van der Waals surface area contributed by atoms with Gasteiger partial charge in [-0.15, -0.1) is 11.3 Å². The molecule has 0 bridgehead atoms. The first kappa shape index (κ1) is 16.2. The maximum atomic E-state index is 12.3. The van der Waals surface area contributed by atoms with Crippen LogP contribution in [0.3, 0.4) is 0 Å². The van der Waals surface area contributed by atoms with Crippen LogP contribution in [0.1, 0.15) is 12.5 Å². The van der Waals surface area contributed by atoms with Crippen LogP contribution in [0, 0.1) is 0 Å². The van der Waals surface area contributed by atoms with Crippen LogP contribution in [-0.2, 0) is 16.4 Å². The summed E-state index contributed by atoms with van der Waals surface area (Å²) in [6.07, 6.45) is 0.785. The average molecular weight is 368 g/mol. The molecule has 0 radical (unpaired) electrons. The van der Waals surface area contributed by atoms with Crippen LogP contribution >= 0.6 is 23.6 Å². The van der Waals surface area contributed by atoms with E-state index in [0.717, 1.165) is 17.7 Å². The fraction of sp³-hybridized carbons (Fsp3) is 0.267. The van der Waals surface area contributed by atoms with Crippen molar-refractivity contribution in [3.8, 4) is 0 Å². The summed E-state index contributed by atoms with van der Waals surface area (Å²) < 4.78 is 27.6. The molecule has 122 valence electrons. The van der Waals surface area contributed by atoms with E-state index in [9.17, 15) is 8.42 Å². The van der Waals surface area contributed by atoms with Crippen LogP contribution in [0.25, 0.3) is 0 Å². The number of benzene rings is 1. The maximum Gasteiger partial charge on any atom is 0.271 e. The number of nitrogens with one attached hydrogen (secondary N) is 2. The zero-order valence-corrected chi connectivity index (χ0v) is 15.2. The van der Waals surface area contributed by atoms with Gasteiger partial charge in [-0.05, 0) is 60.8 Å². The Labute approximate surface area is 145 Å². The molecule has 0 fully saturated rings. The molecule has 8 heteroatoms. The molecule has 1 aromatic carbocycles. The Morgan fingerprint density at radius 2 is 2.17 bits per heavy atom. The topological polar surface area (TPSA) is 61.4 Å². The van der Waals surface area contributed by atoms with Gasteiger partial charge in [0, 0.05) is 24.5 Å². The highest BCUT2D eigenvalue weighted by molar-refractivity contribution is 7.94. The van der Waals surface area contributed by atoms with Crippen LogP contribution in [-0.4, -0.2) is 31.5 Å². The lowest BCUT2D eigenvalue weighted by Gasteiger charge is -2.23. The molecule has 1 aliphatic heterocycles. The summed E-state index contributed by atoms with van der Waals surface area (Å²) in [4.78, 5) is 2.00. The van der Waals surface area contributed by atoms with E-state index in [1.807, 2.05) is 24.1 Å². The number of rotatable bonds is 3. The minimum absolute atomic E-state index is 0.236. The van der Waals surface area contributed by atoms with Gasteiger partial charge in [-0.1, -0.05) is 6.07 Å². The second kappa shape index (κ2) is 6.10. The van der Waals surface area contributed by atoms with Crippen LogP contribution < -0.4 is 10.0 Å². The molecule has 1 unspecified atom stereocenters. The molecule has 0 amide bonds. The summed E-state index contributed by atoms with van der Waals surface area (Å²) in [5, 5.41) is 5.62. The normalized spacial score (nSPS) is 18.1. The second-order valence-corrected chi connectivity index (χ2v) is 8.75. The lowest BCUT2D eigenvalue weighted by Crippen LogP contribution is -2.36. The number of anilines is 2. The van der Waals surface area contributed by atoms with Crippen molar-refractivity contribution in [1.82, 2.24) is 4.90 Å². The van der Waals surface area contributed by atoms with Gasteiger partial charge in [0.15, 0.2) is 5.11 Å². The molecule has 1 atom stereocenters. The van der Waals surface area contributed by atoms with E-state index in [-0.39, 0.29) is 6.04 Å². The van der Waals surface area contributed by atoms with Crippen molar-refractivity contribution >= 4 is 50.1 Å². The van der Waals surface area contributed by atoms with Gasteiger partial charge in [-0.2, -0.15) is 0 Å². The van der Waals surface area contributed by atoms with Crippen molar-refractivity contribution < 1.29 is 8.42 Å². The molecular formula is C15H17N3O2S3. The average Bonchev–Trinajstić information content (AvgIpc) is 3.00. The third-order valence-corrected chi connectivity index (χ3v) is 7.02. The van der Waals surface area contributed by atoms with Gasteiger partial charge in [0.25, 0.3) is 10.0 Å². The van der Waals surface area contributed by atoms with Gasteiger partial charge in [-0.25, -0.2) is 8.42 Å². The number of nitrogens with zero attached hydrogens (tertiary/aromatic N) is 1. The predicted molar refractivity (Wildman–Crippen MR) is 98.7 cm³/mol. The van der Waals surface area contributed by atoms with Gasteiger partial charge in [0.05, 0.1) is 0 Å². The quantitative estimate of drug-likeness (QED) is 0.816. The first-order valence-electron chi connectivity index (χ1n) is 7.10. The van der Waals surface area contributed by atoms with E-state index in [1.54, 1.807) is 23.6 Å². The van der Waals surface area contributed by atoms with Crippen molar-refractivity contribution in [3.63, 3.8) is 0 Å². The van der Waals surface area contributed by atoms with Crippen molar-refractivity contribution in [2.75, 3.05) is 17.1 Å². The van der Waals surface area contributed by atoms with Crippen molar-refractivity contribution in [2.24, 2.45) is 0 Å². The zero-order chi connectivity index (χ0) is 16.6. The van der Waals surface area contributed by atoms with E-state index in [0.29, 0.717) is 15.0 Å². The molecule has 2 aromatic rings. The number of hydrogen-bond donors (Lipinski definition) is 2. The summed E-state index contributed by atoms with van der Waals surface area (Å²) in [6, 6.07) is 9.02. The molecule has 23 heavy (non-hydrogen) atoms. The van der Waals surface area contributed by atoms with Crippen LogP contribution in [0.15, 0.2) is 39.9 Å². The summed E-state index contributed by atoms with van der Waals surface area (Å²) in [7, 11) is -1.58. The Morgan fingerprint density at radius 3 is 2.87 bits per heavy atom. The first-order chi connectivity index (χ1) is 10.9. The third-order valence-electron chi connectivity index (χ3n) is 3.86. The second-order valence-electron chi connectivity index (χ2n) is 5.50. The first-order valence-corrected chi connectivity index (χ1v) is 9.87. The van der Waals surface area contributed by atoms with Crippen LogP contribution in [0.4, 0.5) is 11.4 Å². The molecule has 0 spiro atoms. The molecule has 2 heterocycles. The smallest absolute Gasteiger partial charge is 0.271 e. The number of hydrogen-bond acceptors (Lipinski definition) is 4. The number of thiophene rings is 1. The van der Waals surface area contributed by atoms with E-state index in [4.69, 9.17) is 12.2 Å². The monoisotopic (exact) mass is 367 g/mol. The molecule has 0 saturated heterocycles. The van der Waals surface area contributed by atoms with Crippen molar-refractivity contribution in [2.45, 2.75) is 23.6 Å². The van der Waals surface area contributed by atoms with Gasteiger partial charge < -0.3 is 10.2 Å². The SMILES string of the molecule is CC1Cc2cc(NS(=O)(=O)c3cccs3)ccc2NC(=S)N1C. The molecule has 1 aromatic heterocycles. The largest absolute Gasteiger partial charge is 0.349 e. The highest BCUT2D eigenvalue weighted by atomic mass is 32.2. The fourth-order valence-corrected chi connectivity index (χ4v) is 4.76. The predicted octanol–water partition coefficient (Wildman–Crippen LogP) is 3.12. The molecule has 0 saturated carbocycles. The lowest BCUT2D eigenvalue weighted by atomic mass is 10.0. The summed E-state index contributed by atoms with van der Waals surface area (Å²) in [5.74, 6) is 0. The Balaban J connectivity index is 1.90. The Bertz CT molecular complexity index is 832. The number of sulfonamides is 1. The Morgan fingerprint density at radius 1 is 1.39 bits per heavy atom. The number of thiocarbonyl (C=S) groups is 1. The Kier molecular flexibility index (Phi) is 4.31. The van der Waals surface area contributed by atoms with E-state index < -0.39 is 10.0 Å². The zero-order valence-electron chi connectivity index (χ0n) is 12.7. The van der Waals surface area contributed by atoms with E-state index in [2.05, 4.69) is 17.0 Å². The summed E-state index contributed by atoms with van der Waals surface area (Å²) in [6.45, 7) is 2.09.